The van der Waals surface area contributed by atoms with Gasteiger partial charge in [-0.3, -0.25) is 4.79 Å². The lowest BCUT2D eigenvalue weighted by molar-refractivity contribution is -0.895. The maximum Gasteiger partial charge on any atom is 0.275 e. The molecule has 1 aliphatic heterocycles. The third kappa shape index (κ3) is 5.18. The van der Waals surface area contributed by atoms with Crippen molar-refractivity contribution in [1.82, 2.24) is 15.5 Å². The van der Waals surface area contributed by atoms with Crippen LogP contribution in [0.15, 0.2) is 30.3 Å². The van der Waals surface area contributed by atoms with Gasteiger partial charge >= 0.3 is 0 Å². The molecule has 1 saturated heterocycles. The van der Waals surface area contributed by atoms with E-state index in [4.69, 9.17) is 12.2 Å². The monoisotopic (exact) mass is 333 g/mol. The first-order valence-corrected chi connectivity index (χ1v) is 8.81. The SMILES string of the molecule is O=C(C[NH+]1CCN(C(=S)NCc2ccccc2)CC1)NC1CC1. The van der Waals surface area contributed by atoms with Crippen LogP contribution < -0.4 is 15.5 Å². The minimum atomic E-state index is 0.195. The second-order valence-corrected chi connectivity index (χ2v) is 6.79. The molecule has 1 heterocycles. The summed E-state index contributed by atoms with van der Waals surface area (Å²) in [5, 5.41) is 7.20. The average molecular weight is 333 g/mol. The Kier molecular flexibility index (Phi) is 5.46. The summed E-state index contributed by atoms with van der Waals surface area (Å²) < 4.78 is 0. The zero-order valence-electron chi connectivity index (χ0n) is 13.4. The van der Waals surface area contributed by atoms with Gasteiger partial charge in [0.1, 0.15) is 0 Å². The van der Waals surface area contributed by atoms with Gasteiger partial charge in [-0.2, -0.15) is 0 Å². The highest BCUT2D eigenvalue weighted by Gasteiger charge is 2.27. The Morgan fingerprint density at radius 1 is 1.22 bits per heavy atom. The number of carbonyl (C=O) groups is 1. The molecule has 0 bridgehead atoms. The summed E-state index contributed by atoms with van der Waals surface area (Å²) >= 11 is 5.49. The Labute approximate surface area is 143 Å². The standard InChI is InChI=1S/C17H24N4OS/c22-16(19-15-6-7-15)13-20-8-10-21(11-9-20)17(23)18-12-14-4-2-1-3-5-14/h1-5,15H,6-13H2,(H,18,23)(H,19,22)/p+1. The molecule has 1 amide bonds. The lowest BCUT2D eigenvalue weighted by Gasteiger charge is -2.33. The van der Waals surface area contributed by atoms with Crippen molar-refractivity contribution in [3.05, 3.63) is 35.9 Å². The summed E-state index contributed by atoms with van der Waals surface area (Å²) in [5.74, 6) is 0.195. The van der Waals surface area contributed by atoms with E-state index in [2.05, 4.69) is 27.7 Å². The molecule has 0 aromatic heterocycles. The number of nitrogens with one attached hydrogen (secondary N) is 3. The number of hydrogen-bond acceptors (Lipinski definition) is 2. The average Bonchev–Trinajstić information content (AvgIpc) is 3.38. The Hall–Kier alpha value is -1.66. The number of rotatable bonds is 5. The van der Waals surface area contributed by atoms with Gasteiger partial charge in [0.25, 0.3) is 5.91 Å². The van der Waals surface area contributed by atoms with Crippen molar-refractivity contribution in [3.8, 4) is 0 Å². The smallest absolute Gasteiger partial charge is 0.275 e. The van der Waals surface area contributed by atoms with Gasteiger partial charge in [-0.05, 0) is 30.6 Å². The number of hydrogen-bond donors (Lipinski definition) is 3. The van der Waals surface area contributed by atoms with Crippen LogP contribution in [-0.4, -0.2) is 54.7 Å². The molecule has 1 aromatic rings. The van der Waals surface area contributed by atoms with E-state index in [-0.39, 0.29) is 5.91 Å². The third-order valence-electron chi connectivity index (χ3n) is 4.40. The molecule has 3 N–H and O–H groups in total. The molecular formula is C17H25N4OS+. The third-order valence-corrected chi connectivity index (χ3v) is 4.80. The van der Waals surface area contributed by atoms with E-state index in [1.54, 1.807) is 0 Å². The van der Waals surface area contributed by atoms with Crippen LogP contribution in [0.25, 0.3) is 0 Å². The van der Waals surface area contributed by atoms with Crippen molar-refractivity contribution in [2.45, 2.75) is 25.4 Å². The fraction of sp³-hybridized carbons (Fsp3) is 0.529. The fourth-order valence-electron chi connectivity index (χ4n) is 2.82. The highest BCUT2D eigenvalue weighted by molar-refractivity contribution is 7.80. The topological polar surface area (TPSA) is 48.8 Å². The van der Waals surface area contributed by atoms with Gasteiger partial charge in [-0.25, -0.2) is 0 Å². The molecule has 2 aliphatic rings. The second-order valence-electron chi connectivity index (χ2n) is 6.40. The molecule has 0 unspecified atom stereocenters. The quantitative estimate of drug-likeness (QED) is 0.639. The van der Waals surface area contributed by atoms with Crippen molar-refractivity contribution in [2.24, 2.45) is 0 Å². The first kappa shape index (κ1) is 16.2. The van der Waals surface area contributed by atoms with Crippen molar-refractivity contribution in [3.63, 3.8) is 0 Å². The normalized spacial score (nSPS) is 18.5. The Balaban J connectivity index is 1.36. The Morgan fingerprint density at radius 3 is 2.57 bits per heavy atom. The maximum atomic E-state index is 11.9. The minimum Gasteiger partial charge on any atom is -0.358 e. The van der Waals surface area contributed by atoms with Crippen molar-refractivity contribution >= 4 is 23.2 Å². The van der Waals surface area contributed by atoms with E-state index in [1.807, 2.05) is 18.2 Å². The van der Waals surface area contributed by atoms with Gasteiger partial charge in [0.2, 0.25) is 0 Å². The number of nitrogens with zero attached hydrogens (tertiary/aromatic N) is 1. The Bertz CT molecular complexity index is 539. The van der Waals surface area contributed by atoms with Gasteiger partial charge in [-0.15, -0.1) is 0 Å². The zero-order chi connectivity index (χ0) is 16.1. The van der Waals surface area contributed by atoms with E-state index >= 15 is 0 Å². The summed E-state index contributed by atoms with van der Waals surface area (Å²) in [6.07, 6.45) is 2.30. The van der Waals surface area contributed by atoms with Crippen LogP contribution in [0.5, 0.6) is 0 Å². The van der Waals surface area contributed by atoms with Gasteiger partial charge < -0.3 is 20.4 Å². The predicted molar refractivity (Wildman–Crippen MR) is 94.2 cm³/mol. The molecule has 1 saturated carbocycles. The highest BCUT2D eigenvalue weighted by Crippen LogP contribution is 2.17. The van der Waals surface area contributed by atoms with Gasteiger partial charge in [0, 0.05) is 12.6 Å². The van der Waals surface area contributed by atoms with E-state index in [0.29, 0.717) is 12.6 Å². The lowest BCUT2D eigenvalue weighted by atomic mass is 10.2. The number of quaternary nitrogens is 1. The Morgan fingerprint density at radius 2 is 1.91 bits per heavy atom. The number of benzene rings is 1. The largest absolute Gasteiger partial charge is 0.358 e. The number of carbonyl (C=O) groups excluding carboxylic acids is 1. The van der Waals surface area contributed by atoms with Crippen LogP contribution in [0.2, 0.25) is 0 Å². The van der Waals surface area contributed by atoms with Crippen molar-refractivity contribution in [2.75, 3.05) is 32.7 Å². The highest BCUT2D eigenvalue weighted by atomic mass is 32.1. The first-order valence-electron chi connectivity index (χ1n) is 8.40. The van der Waals surface area contributed by atoms with Crippen LogP contribution in [0, 0.1) is 0 Å². The van der Waals surface area contributed by atoms with Crippen LogP contribution in [-0.2, 0) is 11.3 Å². The van der Waals surface area contributed by atoms with E-state index in [0.717, 1.165) is 50.7 Å². The molecular weight excluding hydrogens is 308 g/mol. The zero-order valence-corrected chi connectivity index (χ0v) is 14.2. The molecule has 0 spiro atoms. The van der Waals surface area contributed by atoms with Crippen LogP contribution in [0.3, 0.4) is 0 Å². The first-order chi connectivity index (χ1) is 11.2. The van der Waals surface area contributed by atoms with Crippen LogP contribution in [0.4, 0.5) is 0 Å². The van der Waals surface area contributed by atoms with Gasteiger partial charge in [0.15, 0.2) is 11.7 Å². The van der Waals surface area contributed by atoms with Gasteiger partial charge in [0.05, 0.1) is 26.2 Å². The van der Waals surface area contributed by atoms with E-state index < -0.39 is 0 Å². The molecule has 1 aromatic carbocycles. The molecule has 124 valence electrons. The summed E-state index contributed by atoms with van der Waals surface area (Å²) in [6, 6.07) is 10.7. The van der Waals surface area contributed by atoms with Crippen molar-refractivity contribution < 1.29 is 9.69 Å². The molecule has 0 atom stereocenters. The summed E-state index contributed by atoms with van der Waals surface area (Å²) in [7, 11) is 0. The second kappa shape index (κ2) is 7.75. The number of thiocarbonyl (C=S) groups is 1. The fourth-order valence-corrected chi connectivity index (χ4v) is 3.08. The van der Waals surface area contributed by atoms with Crippen LogP contribution in [0.1, 0.15) is 18.4 Å². The lowest BCUT2D eigenvalue weighted by Crippen LogP contribution is -3.16. The van der Waals surface area contributed by atoms with Crippen LogP contribution >= 0.6 is 12.2 Å². The molecule has 6 heteroatoms. The minimum absolute atomic E-state index is 0.195. The number of piperazine rings is 1. The summed E-state index contributed by atoms with van der Waals surface area (Å²) in [6.45, 7) is 5.10. The van der Waals surface area contributed by atoms with Crippen molar-refractivity contribution in [1.29, 1.82) is 0 Å². The van der Waals surface area contributed by atoms with Gasteiger partial charge in [-0.1, -0.05) is 30.3 Å². The molecule has 5 nitrogen and oxygen atoms in total. The molecule has 1 aliphatic carbocycles. The molecule has 2 fully saturated rings. The maximum absolute atomic E-state index is 11.9. The predicted octanol–water partition coefficient (Wildman–Crippen LogP) is -0.460. The van der Waals surface area contributed by atoms with E-state index in [1.165, 1.54) is 10.5 Å². The molecule has 23 heavy (non-hydrogen) atoms. The van der Waals surface area contributed by atoms with E-state index in [9.17, 15) is 4.79 Å². The summed E-state index contributed by atoms with van der Waals surface area (Å²) in [5.41, 5.74) is 1.23. The molecule has 3 rings (SSSR count). The molecule has 0 radical (unpaired) electrons. The number of amides is 1. The summed E-state index contributed by atoms with van der Waals surface area (Å²) in [4.78, 5) is 15.4.